The zero-order valence-electron chi connectivity index (χ0n) is 24.0. The molecule has 1 amide bonds. The summed E-state index contributed by atoms with van der Waals surface area (Å²) in [5.41, 5.74) is 6.94. The van der Waals surface area contributed by atoms with Gasteiger partial charge in [-0.15, -0.1) is 0 Å². The van der Waals surface area contributed by atoms with Crippen LogP contribution in [0.25, 0.3) is 0 Å². The Balaban J connectivity index is 2.03. The molecule has 2 aromatic rings. The fraction of sp³-hybridized carbons (Fsp3) is 0.552. The van der Waals surface area contributed by atoms with Crippen LogP contribution in [0.2, 0.25) is 18.1 Å². The highest BCUT2D eigenvalue weighted by Crippen LogP contribution is 2.44. The molecule has 38 heavy (non-hydrogen) atoms. The van der Waals surface area contributed by atoms with E-state index in [1.807, 2.05) is 43.9 Å². The van der Waals surface area contributed by atoms with Crippen molar-refractivity contribution in [2.45, 2.75) is 103 Å². The molecule has 1 fully saturated rings. The van der Waals surface area contributed by atoms with Gasteiger partial charge in [-0.05, 0) is 75.4 Å². The highest BCUT2D eigenvalue weighted by Gasteiger charge is 2.47. The van der Waals surface area contributed by atoms with Gasteiger partial charge < -0.3 is 14.9 Å². The summed E-state index contributed by atoms with van der Waals surface area (Å²) in [5.74, 6) is 0. The number of hydrogen-bond donors (Lipinski definition) is 1. The predicted octanol–water partition coefficient (Wildman–Crippen LogP) is 7.25. The van der Waals surface area contributed by atoms with Crippen LogP contribution in [0.15, 0.2) is 48.5 Å². The molecule has 9 heteroatoms. The Hall–Kier alpha value is -2.91. The summed E-state index contributed by atoms with van der Waals surface area (Å²) in [6, 6.07) is 14.5. The van der Waals surface area contributed by atoms with Gasteiger partial charge in [0.15, 0.2) is 8.32 Å². The third-order valence-corrected chi connectivity index (χ3v) is 12.1. The van der Waals surface area contributed by atoms with E-state index in [0.29, 0.717) is 6.42 Å². The van der Waals surface area contributed by atoms with Gasteiger partial charge in [-0.1, -0.05) is 57.2 Å². The summed E-state index contributed by atoms with van der Waals surface area (Å²) in [6.07, 6.45) is 1.20. The van der Waals surface area contributed by atoms with Gasteiger partial charge in [0.2, 0.25) is 0 Å². The van der Waals surface area contributed by atoms with E-state index >= 15 is 0 Å². The van der Waals surface area contributed by atoms with Crippen LogP contribution < -0.4 is 5.73 Å². The number of amides is 1. The van der Waals surface area contributed by atoms with E-state index in [0.717, 1.165) is 24.0 Å². The molecule has 0 bridgehead atoms. The van der Waals surface area contributed by atoms with Gasteiger partial charge >= 0.3 is 6.09 Å². The van der Waals surface area contributed by atoms with Crippen LogP contribution in [0.1, 0.15) is 71.6 Å². The zero-order chi connectivity index (χ0) is 28.5. The van der Waals surface area contributed by atoms with E-state index in [2.05, 4.69) is 46.0 Å². The highest BCUT2D eigenvalue weighted by atomic mass is 28.4. The van der Waals surface area contributed by atoms with Crippen molar-refractivity contribution in [3.8, 4) is 0 Å². The quantitative estimate of drug-likeness (QED) is 0.171. The lowest BCUT2D eigenvalue weighted by atomic mass is 10.0. The summed E-state index contributed by atoms with van der Waals surface area (Å²) >= 11 is 0. The Kier molecular flexibility index (Phi) is 8.63. The van der Waals surface area contributed by atoms with Crippen molar-refractivity contribution < 1.29 is 18.9 Å². The first-order valence-corrected chi connectivity index (χ1v) is 16.2. The molecule has 2 N–H and O–H groups in total. The Morgan fingerprint density at radius 3 is 2.29 bits per heavy atom. The number of carbonyl (C=O) groups excluding carboxylic acids is 1. The first-order valence-electron chi connectivity index (χ1n) is 13.3. The monoisotopic (exact) mass is 541 g/mol. The normalized spacial score (nSPS) is 19.3. The summed E-state index contributed by atoms with van der Waals surface area (Å²) in [6.45, 7) is 16.6. The highest BCUT2D eigenvalue weighted by molar-refractivity contribution is 6.74. The third kappa shape index (κ3) is 6.93. The van der Waals surface area contributed by atoms with Crippen molar-refractivity contribution in [1.82, 2.24) is 4.90 Å². The Bertz CT molecular complexity index is 1140. The van der Waals surface area contributed by atoms with Gasteiger partial charge in [-0.2, -0.15) is 0 Å². The lowest BCUT2D eigenvalue weighted by molar-refractivity contribution is -0.384. The van der Waals surface area contributed by atoms with Crippen molar-refractivity contribution >= 4 is 25.8 Å². The summed E-state index contributed by atoms with van der Waals surface area (Å²) in [5, 5.41) is 11.5. The van der Waals surface area contributed by atoms with E-state index in [1.54, 1.807) is 12.1 Å². The second-order valence-corrected chi connectivity index (χ2v) is 17.5. The molecule has 208 valence electrons. The molecule has 1 aliphatic rings. The lowest BCUT2D eigenvalue weighted by Gasteiger charge is -2.43. The van der Waals surface area contributed by atoms with Crippen molar-refractivity contribution in [2.24, 2.45) is 0 Å². The number of nitro groups is 1. The molecule has 0 radical (unpaired) electrons. The molecule has 0 aliphatic carbocycles. The second kappa shape index (κ2) is 11.1. The summed E-state index contributed by atoms with van der Waals surface area (Å²) < 4.78 is 12.9. The predicted molar refractivity (Wildman–Crippen MR) is 154 cm³/mol. The van der Waals surface area contributed by atoms with Gasteiger partial charge in [0.1, 0.15) is 11.3 Å². The standard InChI is InChI=1S/C29H43N3O5Si/c1-28(2,3)36-27(33)31-22(18-20-14-16-23(30)25(19-20)32(34)35)15-17-24(31)26(21-12-10-9-11-13-21)37-38(7,8)29(4,5)6/h9-14,16,19,22,24,26H,15,17-18,30H2,1-8H3/t22-,24?,26+/m0/s1. The van der Waals surface area contributed by atoms with Crippen molar-refractivity contribution in [3.63, 3.8) is 0 Å². The number of nitrogens with two attached hydrogens (primary N) is 1. The SMILES string of the molecule is CC(C)(C)OC(=O)N1C([C@H](O[Si](C)(C)C(C)(C)C)c2ccccc2)CC[C@H]1Cc1ccc(N)c([N+](=O)[O-])c1. The maximum Gasteiger partial charge on any atom is 0.410 e. The van der Waals surface area contributed by atoms with Gasteiger partial charge in [-0.25, -0.2) is 4.79 Å². The number of nitrogens with zero attached hydrogens (tertiary/aromatic N) is 2. The topological polar surface area (TPSA) is 108 Å². The smallest absolute Gasteiger partial charge is 0.410 e. The van der Waals surface area contributed by atoms with Crippen LogP contribution in [0.5, 0.6) is 0 Å². The van der Waals surface area contributed by atoms with Gasteiger partial charge in [0, 0.05) is 12.1 Å². The molecule has 0 saturated carbocycles. The number of hydrogen-bond acceptors (Lipinski definition) is 6. The molecular formula is C29H43N3O5Si. The fourth-order valence-corrected chi connectivity index (χ4v) is 5.94. The van der Waals surface area contributed by atoms with Crippen LogP contribution in [0.4, 0.5) is 16.2 Å². The first-order chi connectivity index (χ1) is 17.5. The summed E-state index contributed by atoms with van der Waals surface area (Å²) in [7, 11) is -2.22. The van der Waals surface area contributed by atoms with Crippen LogP contribution >= 0.6 is 0 Å². The Labute approximate surface area is 227 Å². The van der Waals surface area contributed by atoms with Crippen molar-refractivity contribution in [2.75, 3.05) is 5.73 Å². The van der Waals surface area contributed by atoms with E-state index in [4.69, 9.17) is 14.9 Å². The first kappa shape index (κ1) is 29.6. The molecule has 1 saturated heterocycles. The van der Waals surface area contributed by atoms with E-state index < -0.39 is 24.9 Å². The number of nitro benzene ring substituents is 1. The fourth-order valence-electron chi connectivity index (χ4n) is 4.66. The molecule has 0 spiro atoms. The number of likely N-dealkylation sites (tertiary alicyclic amines) is 1. The van der Waals surface area contributed by atoms with Gasteiger partial charge in [-0.3, -0.25) is 15.0 Å². The molecule has 1 unspecified atom stereocenters. The molecular weight excluding hydrogens is 498 g/mol. The van der Waals surface area contributed by atoms with Gasteiger partial charge in [0.05, 0.1) is 17.1 Å². The molecule has 1 aliphatic heterocycles. The molecule has 0 aromatic heterocycles. The average molecular weight is 542 g/mol. The lowest BCUT2D eigenvalue weighted by Crippen LogP contribution is -2.50. The number of benzene rings is 2. The maximum atomic E-state index is 13.7. The average Bonchev–Trinajstić information content (AvgIpc) is 3.20. The number of carbonyl (C=O) groups is 1. The van der Waals surface area contributed by atoms with Crippen LogP contribution in [-0.2, 0) is 15.6 Å². The zero-order valence-corrected chi connectivity index (χ0v) is 25.0. The Morgan fingerprint density at radius 1 is 1.11 bits per heavy atom. The van der Waals surface area contributed by atoms with Crippen molar-refractivity contribution in [3.05, 3.63) is 69.8 Å². The summed E-state index contributed by atoms with van der Waals surface area (Å²) in [4.78, 5) is 26.6. The number of rotatable bonds is 7. The molecule has 3 atom stereocenters. The minimum atomic E-state index is -2.22. The Morgan fingerprint density at radius 2 is 1.74 bits per heavy atom. The minimum absolute atomic E-state index is 0.0162. The van der Waals surface area contributed by atoms with E-state index in [9.17, 15) is 14.9 Å². The number of ether oxygens (including phenoxy) is 1. The van der Waals surface area contributed by atoms with Crippen LogP contribution in [0.3, 0.4) is 0 Å². The third-order valence-electron chi connectivity index (χ3n) is 7.62. The molecule has 3 rings (SSSR count). The number of nitrogen functional groups attached to an aromatic ring is 1. The second-order valence-electron chi connectivity index (χ2n) is 12.7. The molecule has 8 nitrogen and oxygen atoms in total. The van der Waals surface area contributed by atoms with Crippen LogP contribution in [0, 0.1) is 10.1 Å². The van der Waals surface area contributed by atoms with Crippen LogP contribution in [-0.4, -0.2) is 41.9 Å². The van der Waals surface area contributed by atoms with E-state index in [1.165, 1.54) is 6.07 Å². The maximum absolute atomic E-state index is 13.7. The van der Waals surface area contributed by atoms with Crippen molar-refractivity contribution in [1.29, 1.82) is 0 Å². The largest absolute Gasteiger partial charge is 0.444 e. The number of anilines is 1. The molecule has 1 heterocycles. The van der Waals surface area contributed by atoms with Gasteiger partial charge in [0.25, 0.3) is 5.69 Å². The van der Waals surface area contributed by atoms with E-state index in [-0.39, 0.29) is 34.6 Å². The molecule has 2 aromatic carbocycles. The minimum Gasteiger partial charge on any atom is -0.444 e.